The lowest BCUT2D eigenvalue weighted by Crippen LogP contribution is -2.23. The summed E-state index contributed by atoms with van der Waals surface area (Å²) in [5.74, 6) is 0. The summed E-state index contributed by atoms with van der Waals surface area (Å²) in [5, 5.41) is 0. The molecule has 0 aliphatic carbocycles. The smallest absolute Gasteiger partial charge is 0.242 e. The molecular formula is C12H14N4O2S. The van der Waals surface area contributed by atoms with E-state index in [1.807, 2.05) is 0 Å². The Labute approximate surface area is 111 Å². The maximum Gasteiger partial charge on any atom is 0.242 e. The molecule has 2 aromatic heterocycles. The zero-order chi connectivity index (χ0) is 13.7. The molecule has 2 aromatic rings. The Hall–Kier alpha value is -1.83. The maximum absolute atomic E-state index is 12.0. The van der Waals surface area contributed by atoms with E-state index < -0.39 is 10.0 Å². The van der Waals surface area contributed by atoms with E-state index in [-0.39, 0.29) is 18.0 Å². The first kappa shape index (κ1) is 13.6. The third-order valence-corrected chi connectivity index (χ3v) is 3.89. The van der Waals surface area contributed by atoms with Gasteiger partial charge in [0.1, 0.15) is 4.90 Å². The minimum absolute atomic E-state index is 0.119. The molecule has 0 bridgehead atoms. The van der Waals surface area contributed by atoms with Crippen molar-refractivity contribution in [3.8, 4) is 0 Å². The van der Waals surface area contributed by atoms with Gasteiger partial charge in [0.25, 0.3) is 0 Å². The first-order chi connectivity index (χ1) is 9.12. The van der Waals surface area contributed by atoms with Crippen molar-refractivity contribution in [2.45, 2.75) is 18.0 Å². The average molecular weight is 278 g/mol. The second-order valence-corrected chi connectivity index (χ2v) is 5.64. The lowest BCUT2D eigenvalue weighted by Gasteiger charge is -2.06. The quantitative estimate of drug-likeness (QED) is 0.825. The van der Waals surface area contributed by atoms with Crippen LogP contribution < -0.4 is 10.5 Å². The van der Waals surface area contributed by atoms with Gasteiger partial charge >= 0.3 is 0 Å². The first-order valence-electron chi connectivity index (χ1n) is 5.65. The van der Waals surface area contributed by atoms with Gasteiger partial charge in [-0.15, -0.1) is 0 Å². The Morgan fingerprint density at radius 3 is 2.63 bits per heavy atom. The van der Waals surface area contributed by atoms with E-state index in [1.165, 1.54) is 12.3 Å². The van der Waals surface area contributed by atoms with E-state index in [2.05, 4.69) is 14.7 Å². The van der Waals surface area contributed by atoms with E-state index >= 15 is 0 Å². The van der Waals surface area contributed by atoms with Crippen molar-refractivity contribution in [3.63, 3.8) is 0 Å². The number of sulfonamides is 1. The molecule has 7 heteroatoms. The summed E-state index contributed by atoms with van der Waals surface area (Å²) in [4.78, 5) is 8.00. The van der Waals surface area contributed by atoms with Gasteiger partial charge in [0.15, 0.2) is 0 Å². The molecule has 2 rings (SSSR count). The molecule has 0 amide bonds. The largest absolute Gasteiger partial charge is 0.325 e. The highest BCUT2D eigenvalue weighted by atomic mass is 32.2. The van der Waals surface area contributed by atoms with E-state index in [9.17, 15) is 8.42 Å². The molecule has 100 valence electrons. The number of pyridine rings is 2. The van der Waals surface area contributed by atoms with Gasteiger partial charge in [0.2, 0.25) is 10.0 Å². The number of nitrogens with one attached hydrogen (secondary N) is 1. The zero-order valence-corrected chi connectivity index (χ0v) is 11.0. The molecule has 2 heterocycles. The topological polar surface area (TPSA) is 98.0 Å². The summed E-state index contributed by atoms with van der Waals surface area (Å²) < 4.78 is 26.5. The van der Waals surface area contributed by atoms with Crippen LogP contribution in [0.4, 0.5) is 0 Å². The average Bonchev–Trinajstić information content (AvgIpc) is 2.46. The highest BCUT2D eigenvalue weighted by Gasteiger charge is 2.13. The summed E-state index contributed by atoms with van der Waals surface area (Å²) in [7, 11) is -3.56. The van der Waals surface area contributed by atoms with Crippen molar-refractivity contribution in [2.75, 3.05) is 0 Å². The van der Waals surface area contributed by atoms with Gasteiger partial charge in [-0.1, -0.05) is 6.07 Å². The van der Waals surface area contributed by atoms with Gasteiger partial charge in [-0.05, 0) is 23.8 Å². The Kier molecular flexibility index (Phi) is 4.20. The standard InChI is InChI=1S/C12H14N4O2S/c13-6-11-3-4-12(9-15-11)19(17,18)16-8-10-2-1-5-14-7-10/h1-5,7,9,16H,6,8,13H2. The third-order valence-electron chi connectivity index (χ3n) is 2.51. The zero-order valence-electron chi connectivity index (χ0n) is 10.2. The van der Waals surface area contributed by atoms with Crippen LogP contribution in [0.15, 0.2) is 47.8 Å². The van der Waals surface area contributed by atoms with E-state index in [4.69, 9.17) is 5.73 Å². The van der Waals surface area contributed by atoms with Crippen LogP contribution in [0.2, 0.25) is 0 Å². The third kappa shape index (κ3) is 3.57. The summed E-state index contributed by atoms with van der Waals surface area (Å²) in [5.41, 5.74) is 6.84. The van der Waals surface area contributed by atoms with Crippen molar-refractivity contribution in [1.29, 1.82) is 0 Å². The number of nitrogens with two attached hydrogens (primary N) is 1. The fraction of sp³-hybridized carbons (Fsp3) is 0.167. The van der Waals surface area contributed by atoms with Crippen LogP contribution in [-0.2, 0) is 23.1 Å². The Bertz CT molecular complexity index is 627. The Balaban J connectivity index is 2.09. The number of aromatic nitrogens is 2. The van der Waals surface area contributed by atoms with Crippen molar-refractivity contribution >= 4 is 10.0 Å². The van der Waals surface area contributed by atoms with Crippen LogP contribution in [0.1, 0.15) is 11.3 Å². The Morgan fingerprint density at radius 1 is 1.21 bits per heavy atom. The fourth-order valence-electron chi connectivity index (χ4n) is 1.46. The molecule has 0 atom stereocenters. The number of rotatable bonds is 5. The maximum atomic E-state index is 12.0. The molecule has 0 radical (unpaired) electrons. The van der Waals surface area contributed by atoms with E-state index in [0.29, 0.717) is 5.69 Å². The highest BCUT2D eigenvalue weighted by Crippen LogP contribution is 2.08. The number of hydrogen-bond acceptors (Lipinski definition) is 5. The molecule has 0 saturated carbocycles. The van der Waals surface area contributed by atoms with E-state index in [1.54, 1.807) is 30.6 Å². The van der Waals surface area contributed by atoms with Crippen LogP contribution in [0.5, 0.6) is 0 Å². The molecule has 0 unspecified atom stereocenters. The normalized spacial score (nSPS) is 11.4. The summed E-state index contributed by atoms with van der Waals surface area (Å²) in [6.07, 6.45) is 4.54. The molecule has 0 saturated heterocycles. The molecule has 3 N–H and O–H groups in total. The molecule has 6 nitrogen and oxygen atoms in total. The van der Waals surface area contributed by atoms with Crippen LogP contribution in [0, 0.1) is 0 Å². The Morgan fingerprint density at radius 2 is 2.05 bits per heavy atom. The van der Waals surface area contributed by atoms with Gasteiger partial charge in [-0.2, -0.15) is 0 Å². The van der Waals surface area contributed by atoms with E-state index in [0.717, 1.165) is 5.56 Å². The first-order valence-corrected chi connectivity index (χ1v) is 7.14. The minimum Gasteiger partial charge on any atom is -0.325 e. The summed E-state index contributed by atoms with van der Waals surface area (Å²) >= 11 is 0. The van der Waals surface area contributed by atoms with Gasteiger partial charge < -0.3 is 5.73 Å². The van der Waals surface area contributed by atoms with Crippen LogP contribution in [-0.4, -0.2) is 18.4 Å². The van der Waals surface area contributed by atoms with Crippen LogP contribution in [0.25, 0.3) is 0 Å². The molecular weight excluding hydrogens is 264 g/mol. The highest BCUT2D eigenvalue weighted by molar-refractivity contribution is 7.89. The van der Waals surface area contributed by atoms with Crippen LogP contribution in [0.3, 0.4) is 0 Å². The predicted molar refractivity (Wildman–Crippen MR) is 70.4 cm³/mol. The second kappa shape index (κ2) is 5.87. The van der Waals surface area contributed by atoms with Crippen molar-refractivity contribution in [1.82, 2.24) is 14.7 Å². The molecule has 0 spiro atoms. The summed E-state index contributed by atoms with van der Waals surface area (Å²) in [6, 6.07) is 6.63. The number of hydrogen-bond donors (Lipinski definition) is 2. The van der Waals surface area contributed by atoms with Crippen LogP contribution >= 0.6 is 0 Å². The second-order valence-electron chi connectivity index (χ2n) is 3.88. The predicted octanol–water partition coefficient (Wildman–Crippen LogP) is 0.414. The molecule has 0 aromatic carbocycles. The minimum atomic E-state index is -3.56. The van der Waals surface area contributed by atoms with Crippen molar-refractivity contribution in [3.05, 3.63) is 54.1 Å². The van der Waals surface area contributed by atoms with Crippen molar-refractivity contribution in [2.24, 2.45) is 5.73 Å². The SMILES string of the molecule is NCc1ccc(S(=O)(=O)NCc2cccnc2)cn1. The number of nitrogens with zero attached hydrogens (tertiary/aromatic N) is 2. The molecule has 0 aliphatic heterocycles. The lowest BCUT2D eigenvalue weighted by atomic mass is 10.3. The van der Waals surface area contributed by atoms with Gasteiger partial charge in [0, 0.05) is 31.7 Å². The monoisotopic (exact) mass is 278 g/mol. The summed E-state index contributed by atoms with van der Waals surface area (Å²) in [6.45, 7) is 0.470. The van der Waals surface area contributed by atoms with Crippen molar-refractivity contribution < 1.29 is 8.42 Å². The van der Waals surface area contributed by atoms with Gasteiger partial charge in [0.05, 0.1) is 5.69 Å². The fourth-order valence-corrected chi connectivity index (χ4v) is 2.42. The molecule has 0 aliphatic rings. The lowest BCUT2D eigenvalue weighted by molar-refractivity contribution is 0.580. The van der Waals surface area contributed by atoms with Gasteiger partial charge in [-0.3, -0.25) is 9.97 Å². The van der Waals surface area contributed by atoms with Gasteiger partial charge in [-0.25, -0.2) is 13.1 Å². The molecule has 0 fully saturated rings. The molecule has 19 heavy (non-hydrogen) atoms.